The molecule has 0 spiro atoms. The van der Waals surface area contributed by atoms with Crippen LogP contribution in [0.15, 0.2) is 48.5 Å². The molecule has 0 aliphatic carbocycles. The fraction of sp³-hybridized carbons (Fsp3) is 0.263. The van der Waals surface area contributed by atoms with E-state index in [-0.39, 0.29) is 6.03 Å². The molecule has 0 bridgehead atoms. The quantitative estimate of drug-likeness (QED) is 0.852. The molecule has 0 aromatic heterocycles. The number of amides is 3. The number of urea groups is 1. The van der Waals surface area contributed by atoms with Gasteiger partial charge in [0.25, 0.3) is 0 Å². The second-order valence-electron chi connectivity index (χ2n) is 5.73. The minimum Gasteiger partial charge on any atom is -0.366 e. The number of nitrogens with one attached hydrogen (secondary N) is 1. The van der Waals surface area contributed by atoms with Crippen molar-refractivity contribution in [3.63, 3.8) is 0 Å². The molecule has 0 aliphatic rings. The summed E-state index contributed by atoms with van der Waals surface area (Å²) in [6.45, 7) is 5.09. The third-order valence-electron chi connectivity index (χ3n) is 3.76. The van der Waals surface area contributed by atoms with E-state index in [1.165, 1.54) is 0 Å². The number of aryl methyl sites for hydroxylation is 1. The lowest BCUT2D eigenvalue weighted by molar-refractivity contribution is 0.1000. The predicted octanol–water partition coefficient (Wildman–Crippen LogP) is 3.54. The van der Waals surface area contributed by atoms with Gasteiger partial charge in [-0.2, -0.15) is 0 Å². The highest BCUT2D eigenvalue weighted by Gasteiger charge is 2.15. The van der Waals surface area contributed by atoms with Crippen molar-refractivity contribution in [3.8, 4) is 0 Å². The Labute approximate surface area is 142 Å². The Kier molecular flexibility index (Phi) is 5.95. The Morgan fingerprint density at radius 2 is 1.83 bits per heavy atom. The van der Waals surface area contributed by atoms with E-state index in [4.69, 9.17) is 5.73 Å². The summed E-state index contributed by atoms with van der Waals surface area (Å²) in [6.07, 6.45) is 0.862. The molecule has 0 saturated heterocycles. The van der Waals surface area contributed by atoms with E-state index in [0.29, 0.717) is 24.3 Å². The maximum Gasteiger partial charge on any atom is 0.322 e. The summed E-state index contributed by atoms with van der Waals surface area (Å²) in [5, 5.41) is 2.89. The number of hydrogen-bond donors (Lipinski definition) is 2. The van der Waals surface area contributed by atoms with Gasteiger partial charge in [0.2, 0.25) is 5.91 Å². The molecule has 0 fully saturated rings. The van der Waals surface area contributed by atoms with E-state index in [1.807, 2.05) is 44.2 Å². The summed E-state index contributed by atoms with van der Waals surface area (Å²) in [7, 11) is 0. The van der Waals surface area contributed by atoms with Gasteiger partial charge in [-0.25, -0.2) is 4.79 Å². The summed E-state index contributed by atoms with van der Waals surface area (Å²) < 4.78 is 0. The first kappa shape index (κ1) is 17.5. The van der Waals surface area contributed by atoms with Crippen molar-refractivity contribution in [1.82, 2.24) is 4.90 Å². The first-order chi connectivity index (χ1) is 11.5. The molecule has 0 unspecified atom stereocenters. The fourth-order valence-corrected chi connectivity index (χ4v) is 2.43. The van der Waals surface area contributed by atoms with E-state index >= 15 is 0 Å². The fourth-order valence-electron chi connectivity index (χ4n) is 2.43. The minimum atomic E-state index is -0.514. The SMILES string of the molecule is CCCN(Cc1ccccc1)C(=O)Nc1cc(C(N)=O)ccc1C. The number of carbonyl (C=O) groups excluding carboxylic acids is 2. The van der Waals surface area contributed by atoms with E-state index in [1.54, 1.807) is 23.1 Å². The number of benzene rings is 2. The van der Waals surface area contributed by atoms with Crippen LogP contribution in [0.5, 0.6) is 0 Å². The largest absolute Gasteiger partial charge is 0.366 e. The van der Waals surface area contributed by atoms with Crippen LogP contribution in [0.3, 0.4) is 0 Å². The zero-order chi connectivity index (χ0) is 17.5. The van der Waals surface area contributed by atoms with Crippen LogP contribution in [0.1, 0.15) is 34.8 Å². The van der Waals surface area contributed by atoms with Gasteiger partial charge in [0, 0.05) is 24.3 Å². The molecule has 126 valence electrons. The van der Waals surface area contributed by atoms with Crippen LogP contribution < -0.4 is 11.1 Å². The van der Waals surface area contributed by atoms with Gasteiger partial charge >= 0.3 is 6.03 Å². The van der Waals surface area contributed by atoms with Crippen molar-refractivity contribution < 1.29 is 9.59 Å². The summed E-state index contributed by atoms with van der Waals surface area (Å²) in [5.74, 6) is -0.514. The van der Waals surface area contributed by atoms with Crippen molar-refractivity contribution in [2.75, 3.05) is 11.9 Å². The molecule has 3 amide bonds. The van der Waals surface area contributed by atoms with E-state index < -0.39 is 5.91 Å². The molecular weight excluding hydrogens is 302 g/mol. The number of anilines is 1. The monoisotopic (exact) mass is 325 g/mol. The number of rotatable bonds is 6. The molecular formula is C19H23N3O2. The van der Waals surface area contributed by atoms with Crippen molar-refractivity contribution in [3.05, 3.63) is 65.2 Å². The van der Waals surface area contributed by atoms with Crippen LogP contribution in [0.25, 0.3) is 0 Å². The van der Waals surface area contributed by atoms with Crippen molar-refractivity contribution in [2.24, 2.45) is 5.73 Å². The van der Waals surface area contributed by atoms with Gasteiger partial charge in [0.1, 0.15) is 0 Å². The standard InChI is InChI=1S/C19H23N3O2/c1-3-11-22(13-15-7-5-4-6-8-15)19(24)21-17-12-16(18(20)23)10-9-14(17)2/h4-10,12H,3,11,13H2,1-2H3,(H2,20,23)(H,21,24). The highest BCUT2D eigenvalue weighted by atomic mass is 16.2. The van der Waals surface area contributed by atoms with Gasteiger partial charge in [-0.15, -0.1) is 0 Å². The van der Waals surface area contributed by atoms with Crippen LogP contribution in [-0.4, -0.2) is 23.4 Å². The Balaban J connectivity index is 2.15. The second kappa shape index (κ2) is 8.15. The first-order valence-electron chi connectivity index (χ1n) is 8.01. The highest BCUT2D eigenvalue weighted by molar-refractivity contribution is 5.96. The van der Waals surface area contributed by atoms with Gasteiger partial charge < -0.3 is 16.0 Å². The van der Waals surface area contributed by atoms with Gasteiger partial charge in [-0.3, -0.25) is 4.79 Å². The lowest BCUT2D eigenvalue weighted by Crippen LogP contribution is -2.35. The lowest BCUT2D eigenvalue weighted by Gasteiger charge is -2.23. The average molecular weight is 325 g/mol. The van der Waals surface area contributed by atoms with Crippen LogP contribution in [0.4, 0.5) is 10.5 Å². The molecule has 0 radical (unpaired) electrons. The minimum absolute atomic E-state index is 0.189. The third-order valence-corrected chi connectivity index (χ3v) is 3.76. The highest BCUT2D eigenvalue weighted by Crippen LogP contribution is 2.18. The van der Waals surface area contributed by atoms with Crippen LogP contribution in [-0.2, 0) is 6.54 Å². The van der Waals surface area contributed by atoms with E-state index in [0.717, 1.165) is 17.5 Å². The average Bonchev–Trinajstić information content (AvgIpc) is 2.57. The maximum atomic E-state index is 12.6. The Hall–Kier alpha value is -2.82. The van der Waals surface area contributed by atoms with Crippen LogP contribution >= 0.6 is 0 Å². The van der Waals surface area contributed by atoms with Gasteiger partial charge in [-0.1, -0.05) is 43.3 Å². The number of nitrogens with two attached hydrogens (primary N) is 1. The summed E-state index contributed by atoms with van der Waals surface area (Å²) >= 11 is 0. The molecule has 0 aliphatic heterocycles. The number of hydrogen-bond acceptors (Lipinski definition) is 2. The summed E-state index contributed by atoms with van der Waals surface area (Å²) in [4.78, 5) is 25.7. The Bertz CT molecular complexity index is 714. The molecule has 2 aromatic rings. The van der Waals surface area contributed by atoms with E-state index in [2.05, 4.69) is 5.32 Å². The third kappa shape index (κ3) is 4.59. The molecule has 2 aromatic carbocycles. The van der Waals surface area contributed by atoms with E-state index in [9.17, 15) is 9.59 Å². The number of carbonyl (C=O) groups is 2. The Morgan fingerprint density at radius 1 is 1.12 bits per heavy atom. The molecule has 24 heavy (non-hydrogen) atoms. The maximum absolute atomic E-state index is 12.6. The molecule has 2 rings (SSSR count). The van der Waals surface area contributed by atoms with Crippen molar-refractivity contribution in [1.29, 1.82) is 0 Å². The zero-order valence-corrected chi connectivity index (χ0v) is 14.1. The molecule has 5 nitrogen and oxygen atoms in total. The topological polar surface area (TPSA) is 75.4 Å². The number of nitrogens with zero attached hydrogens (tertiary/aromatic N) is 1. The Morgan fingerprint density at radius 3 is 2.46 bits per heavy atom. The summed E-state index contributed by atoms with van der Waals surface area (Å²) in [5.41, 5.74) is 8.24. The van der Waals surface area contributed by atoms with Crippen LogP contribution in [0.2, 0.25) is 0 Å². The second-order valence-corrected chi connectivity index (χ2v) is 5.73. The lowest BCUT2D eigenvalue weighted by atomic mass is 10.1. The van der Waals surface area contributed by atoms with Crippen LogP contribution in [0, 0.1) is 6.92 Å². The smallest absolute Gasteiger partial charge is 0.322 e. The zero-order valence-electron chi connectivity index (χ0n) is 14.1. The summed E-state index contributed by atoms with van der Waals surface area (Å²) in [6, 6.07) is 14.7. The van der Waals surface area contributed by atoms with Crippen molar-refractivity contribution in [2.45, 2.75) is 26.8 Å². The van der Waals surface area contributed by atoms with Gasteiger partial charge in [-0.05, 0) is 36.6 Å². The molecule has 5 heteroatoms. The normalized spacial score (nSPS) is 10.2. The predicted molar refractivity (Wildman–Crippen MR) is 95.9 cm³/mol. The molecule has 0 atom stereocenters. The molecule has 0 heterocycles. The molecule has 3 N–H and O–H groups in total. The van der Waals surface area contributed by atoms with Gasteiger partial charge in [0.15, 0.2) is 0 Å². The first-order valence-corrected chi connectivity index (χ1v) is 8.01. The van der Waals surface area contributed by atoms with Crippen molar-refractivity contribution >= 4 is 17.6 Å². The number of primary amides is 1. The molecule has 0 saturated carbocycles. The van der Waals surface area contributed by atoms with Gasteiger partial charge in [0.05, 0.1) is 0 Å².